The van der Waals surface area contributed by atoms with Gasteiger partial charge in [-0.1, -0.05) is 0 Å². The molecule has 0 fully saturated rings. The quantitative estimate of drug-likeness (QED) is 0.584. The summed E-state index contributed by atoms with van der Waals surface area (Å²) >= 11 is 5.54. The van der Waals surface area contributed by atoms with Gasteiger partial charge >= 0.3 is 0 Å². The molecule has 0 atom stereocenters. The molecule has 1 heterocycles. The van der Waals surface area contributed by atoms with E-state index in [0.29, 0.717) is 19.2 Å². The molecule has 0 spiro atoms. The molecule has 1 aromatic rings. The lowest BCUT2D eigenvalue weighted by molar-refractivity contribution is 0.171. The number of hydrogen-bond donors (Lipinski definition) is 1. The first kappa shape index (κ1) is 8.51. The maximum absolute atomic E-state index is 5.54. The molecule has 13 heavy (non-hydrogen) atoms. The van der Waals surface area contributed by atoms with Crippen molar-refractivity contribution in [3.8, 4) is 11.5 Å². The van der Waals surface area contributed by atoms with Gasteiger partial charge in [0.25, 0.3) is 0 Å². The van der Waals surface area contributed by atoms with Gasteiger partial charge in [0.05, 0.1) is 6.00 Å². The summed E-state index contributed by atoms with van der Waals surface area (Å²) in [5.74, 6) is 1.58. The average molecular weight is 200 g/mol. The maximum atomic E-state index is 5.54. The minimum Gasteiger partial charge on any atom is -0.486 e. The van der Waals surface area contributed by atoms with Crippen LogP contribution in [0.5, 0.6) is 11.5 Å². The van der Waals surface area contributed by atoms with Gasteiger partial charge in [-0.05, 0) is 12.1 Å². The molecule has 1 N–H and O–H groups in total. The van der Waals surface area contributed by atoms with Crippen LogP contribution in [0.3, 0.4) is 0 Å². The van der Waals surface area contributed by atoms with Gasteiger partial charge < -0.3 is 14.8 Å². The second kappa shape index (κ2) is 3.75. The lowest BCUT2D eigenvalue weighted by atomic mass is 10.2. The van der Waals surface area contributed by atoms with Gasteiger partial charge in [0.15, 0.2) is 11.5 Å². The van der Waals surface area contributed by atoms with Gasteiger partial charge in [0.1, 0.15) is 13.2 Å². The zero-order chi connectivity index (χ0) is 9.10. The molecule has 4 heteroatoms. The number of anilines is 1. The second-order valence-corrected chi connectivity index (χ2v) is 2.94. The molecule has 0 saturated carbocycles. The summed E-state index contributed by atoms with van der Waals surface area (Å²) in [7, 11) is 0. The smallest absolute Gasteiger partial charge is 0.163 e. The Morgan fingerprint density at radius 2 is 2.00 bits per heavy atom. The predicted octanol–water partition coefficient (Wildman–Crippen LogP) is 2.07. The number of ether oxygens (including phenoxy) is 2. The SMILES string of the molecule is ClCNc1ccc2c(c1)OCCO2. The first-order valence-electron chi connectivity index (χ1n) is 4.09. The normalized spacial score (nSPS) is 13.9. The Bertz CT molecular complexity index is 304. The minimum absolute atomic E-state index is 0.389. The third-order valence-corrected chi connectivity index (χ3v) is 1.95. The highest BCUT2D eigenvalue weighted by Crippen LogP contribution is 2.32. The number of fused-ring (bicyclic) bond motifs is 1. The summed E-state index contributed by atoms with van der Waals surface area (Å²) in [6.45, 7) is 1.23. The third-order valence-electron chi connectivity index (χ3n) is 1.81. The Labute approximate surface area is 81.6 Å². The van der Waals surface area contributed by atoms with Crippen LogP contribution < -0.4 is 14.8 Å². The van der Waals surface area contributed by atoms with Gasteiger partial charge in [0, 0.05) is 11.8 Å². The van der Waals surface area contributed by atoms with E-state index < -0.39 is 0 Å². The highest BCUT2D eigenvalue weighted by atomic mass is 35.5. The molecule has 0 aliphatic carbocycles. The zero-order valence-electron chi connectivity index (χ0n) is 7.05. The van der Waals surface area contributed by atoms with E-state index in [-0.39, 0.29) is 0 Å². The molecule has 1 aliphatic heterocycles. The number of nitrogens with one attached hydrogen (secondary N) is 1. The van der Waals surface area contributed by atoms with E-state index in [1.807, 2.05) is 18.2 Å². The lowest BCUT2D eigenvalue weighted by Crippen LogP contribution is -2.15. The topological polar surface area (TPSA) is 30.5 Å². The molecule has 3 nitrogen and oxygen atoms in total. The minimum atomic E-state index is 0.389. The fourth-order valence-corrected chi connectivity index (χ4v) is 1.38. The largest absolute Gasteiger partial charge is 0.486 e. The molecule has 0 unspecified atom stereocenters. The van der Waals surface area contributed by atoms with Crippen molar-refractivity contribution in [1.29, 1.82) is 0 Å². The monoisotopic (exact) mass is 199 g/mol. The van der Waals surface area contributed by atoms with Crippen molar-refractivity contribution in [1.82, 2.24) is 0 Å². The predicted molar refractivity (Wildman–Crippen MR) is 51.8 cm³/mol. The van der Waals surface area contributed by atoms with E-state index in [2.05, 4.69) is 5.32 Å². The van der Waals surface area contributed by atoms with Crippen molar-refractivity contribution in [3.05, 3.63) is 18.2 Å². The highest BCUT2D eigenvalue weighted by Gasteiger charge is 2.10. The summed E-state index contributed by atoms with van der Waals surface area (Å²) < 4.78 is 10.8. The molecule has 0 aromatic heterocycles. The summed E-state index contributed by atoms with van der Waals surface area (Å²) in [5, 5.41) is 2.99. The van der Waals surface area contributed by atoms with Crippen LogP contribution in [-0.2, 0) is 0 Å². The average Bonchev–Trinajstić information content (AvgIpc) is 2.18. The summed E-state index contributed by atoms with van der Waals surface area (Å²) in [5.41, 5.74) is 0.944. The summed E-state index contributed by atoms with van der Waals surface area (Å²) in [6.07, 6.45) is 0. The van der Waals surface area contributed by atoms with Crippen molar-refractivity contribution >= 4 is 17.3 Å². The number of benzene rings is 1. The molecular formula is C9H10ClNO2. The van der Waals surface area contributed by atoms with Gasteiger partial charge in [-0.3, -0.25) is 0 Å². The fourth-order valence-electron chi connectivity index (χ4n) is 1.23. The van der Waals surface area contributed by atoms with E-state index in [0.717, 1.165) is 17.2 Å². The lowest BCUT2D eigenvalue weighted by Gasteiger charge is -2.18. The first-order chi connectivity index (χ1) is 6.40. The van der Waals surface area contributed by atoms with E-state index in [1.165, 1.54) is 0 Å². The maximum Gasteiger partial charge on any atom is 0.163 e. The van der Waals surface area contributed by atoms with Crippen LogP contribution in [0.2, 0.25) is 0 Å². The molecule has 0 amide bonds. The number of alkyl halides is 1. The molecule has 1 aromatic carbocycles. The van der Waals surface area contributed by atoms with Gasteiger partial charge in [0.2, 0.25) is 0 Å². The van der Waals surface area contributed by atoms with Crippen LogP contribution in [0.15, 0.2) is 18.2 Å². The van der Waals surface area contributed by atoms with Gasteiger partial charge in [-0.25, -0.2) is 0 Å². The third kappa shape index (κ3) is 1.80. The van der Waals surface area contributed by atoms with Crippen molar-refractivity contribution in [3.63, 3.8) is 0 Å². The fraction of sp³-hybridized carbons (Fsp3) is 0.333. The number of rotatable bonds is 2. The van der Waals surface area contributed by atoms with E-state index >= 15 is 0 Å². The Morgan fingerprint density at radius 1 is 1.23 bits per heavy atom. The molecule has 70 valence electrons. The molecular weight excluding hydrogens is 190 g/mol. The van der Waals surface area contributed by atoms with Crippen LogP contribution in [0.1, 0.15) is 0 Å². The molecule has 0 bridgehead atoms. The Hall–Kier alpha value is -1.09. The van der Waals surface area contributed by atoms with Crippen LogP contribution >= 0.6 is 11.6 Å². The number of hydrogen-bond acceptors (Lipinski definition) is 3. The van der Waals surface area contributed by atoms with Crippen LogP contribution in [0, 0.1) is 0 Å². The Kier molecular flexibility index (Phi) is 2.45. The van der Waals surface area contributed by atoms with E-state index in [9.17, 15) is 0 Å². The molecule has 1 aliphatic rings. The molecule has 0 radical (unpaired) electrons. The van der Waals surface area contributed by atoms with Crippen LogP contribution in [-0.4, -0.2) is 19.2 Å². The first-order valence-corrected chi connectivity index (χ1v) is 4.63. The molecule has 2 rings (SSSR count). The molecule has 0 saturated heterocycles. The van der Waals surface area contributed by atoms with Gasteiger partial charge in [-0.15, -0.1) is 11.6 Å². The van der Waals surface area contributed by atoms with Crippen molar-refractivity contribution in [2.24, 2.45) is 0 Å². The Balaban J connectivity index is 2.24. The van der Waals surface area contributed by atoms with E-state index in [4.69, 9.17) is 21.1 Å². The van der Waals surface area contributed by atoms with Crippen molar-refractivity contribution in [2.45, 2.75) is 0 Å². The van der Waals surface area contributed by atoms with Crippen LogP contribution in [0.25, 0.3) is 0 Å². The summed E-state index contributed by atoms with van der Waals surface area (Å²) in [4.78, 5) is 0. The van der Waals surface area contributed by atoms with Gasteiger partial charge in [-0.2, -0.15) is 0 Å². The van der Waals surface area contributed by atoms with Crippen molar-refractivity contribution < 1.29 is 9.47 Å². The van der Waals surface area contributed by atoms with Crippen LogP contribution in [0.4, 0.5) is 5.69 Å². The second-order valence-electron chi connectivity index (χ2n) is 2.67. The number of halogens is 1. The zero-order valence-corrected chi connectivity index (χ0v) is 7.80. The summed E-state index contributed by atoms with van der Waals surface area (Å²) in [6, 6.07) is 6.07. The standard InChI is InChI=1S/C9H10ClNO2/c10-6-11-7-1-2-8-9(5-7)13-4-3-12-8/h1-2,5,11H,3-4,6H2. The Morgan fingerprint density at radius 3 is 2.77 bits per heavy atom. The highest BCUT2D eigenvalue weighted by molar-refractivity contribution is 6.18. The van der Waals surface area contributed by atoms with Crippen molar-refractivity contribution in [2.75, 3.05) is 24.5 Å². The van der Waals surface area contributed by atoms with E-state index in [1.54, 1.807) is 0 Å².